The van der Waals surface area contributed by atoms with Crippen molar-refractivity contribution in [3.05, 3.63) is 0 Å². The summed E-state index contributed by atoms with van der Waals surface area (Å²) in [4.78, 5) is 0. The van der Waals surface area contributed by atoms with Crippen LogP contribution in [0.15, 0.2) is 0 Å². The first kappa shape index (κ1) is 15.9. The van der Waals surface area contributed by atoms with Gasteiger partial charge in [-0.15, -0.1) is 0 Å². The second-order valence-electron chi connectivity index (χ2n) is 5.18. The Hall–Kier alpha value is -0.120. The van der Waals surface area contributed by atoms with Gasteiger partial charge in [-0.3, -0.25) is 0 Å². The van der Waals surface area contributed by atoms with Gasteiger partial charge in [0.25, 0.3) is 0 Å². The Morgan fingerprint density at radius 2 is 2.00 bits per heavy atom. The molecule has 98 valence electrons. The first-order chi connectivity index (χ1) is 7.60. The first-order valence-corrected chi connectivity index (χ1v) is 6.49. The van der Waals surface area contributed by atoms with Crippen molar-refractivity contribution in [2.24, 2.45) is 17.1 Å². The fourth-order valence-electron chi connectivity index (χ4n) is 2.00. The van der Waals surface area contributed by atoms with E-state index < -0.39 is 0 Å². The molecule has 0 radical (unpaired) electrons. The molecular formula is C13H29NO2. The Bertz CT molecular complexity index is 156. The number of ether oxygens (including phenoxy) is 1. The molecule has 1 atom stereocenters. The van der Waals surface area contributed by atoms with Crippen molar-refractivity contribution in [3.63, 3.8) is 0 Å². The highest BCUT2D eigenvalue weighted by molar-refractivity contribution is 4.80. The summed E-state index contributed by atoms with van der Waals surface area (Å²) in [6.45, 7) is 8.72. The average molecular weight is 231 g/mol. The molecule has 0 rings (SSSR count). The number of hydrogen-bond donors (Lipinski definition) is 2. The zero-order valence-electron chi connectivity index (χ0n) is 11.2. The fraction of sp³-hybridized carbons (Fsp3) is 1.00. The summed E-state index contributed by atoms with van der Waals surface area (Å²) in [5, 5.41) is 9.49. The molecule has 3 heteroatoms. The smallest absolute Gasteiger partial charge is 0.0500 e. The van der Waals surface area contributed by atoms with E-state index in [-0.39, 0.29) is 12.0 Å². The molecule has 0 aliphatic heterocycles. The molecule has 0 aliphatic rings. The molecule has 0 aliphatic carbocycles. The number of aliphatic hydroxyl groups is 1. The van der Waals surface area contributed by atoms with Crippen LogP contribution in [0.5, 0.6) is 0 Å². The van der Waals surface area contributed by atoms with Crippen molar-refractivity contribution in [1.29, 1.82) is 0 Å². The summed E-state index contributed by atoms with van der Waals surface area (Å²) in [5.74, 6) is 0.561. The standard InChI is InChI=1S/C13H29NO2/c1-4-5-7-16-8-6-13(10-14,11-15)9-12(2)3/h12,15H,4-11,14H2,1-3H3. The summed E-state index contributed by atoms with van der Waals surface area (Å²) in [7, 11) is 0. The van der Waals surface area contributed by atoms with E-state index >= 15 is 0 Å². The van der Waals surface area contributed by atoms with Gasteiger partial charge in [0.15, 0.2) is 0 Å². The van der Waals surface area contributed by atoms with Crippen molar-refractivity contribution in [2.45, 2.75) is 46.5 Å². The molecule has 3 nitrogen and oxygen atoms in total. The molecule has 0 amide bonds. The summed E-state index contributed by atoms with van der Waals surface area (Å²) in [6.07, 6.45) is 4.10. The fourth-order valence-corrected chi connectivity index (χ4v) is 2.00. The lowest BCUT2D eigenvalue weighted by atomic mass is 9.78. The number of hydrogen-bond acceptors (Lipinski definition) is 3. The van der Waals surface area contributed by atoms with Crippen LogP contribution in [0.25, 0.3) is 0 Å². The van der Waals surface area contributed by atoms with Crippen LogP contribution in [0.2, 0.25) is 0 Å². The molecule has 0 heterocycles. The van der Waals surface area contributed by atoms with Crippen LogP contribution in [0.4, 0.5) is 0 Å². The maximum atomic E-state index is 9.49. The summed E-state index contributed by atoms with van der Waals surface area (Å²) >= 11 is 0. The lowest BCUT2D eigenvalue weighted by Gasteiger charge is -2.32. The van der Waals surface area contributed by atoms with E-state index in [1.807, 2.05) is 0 Å². The van der Waals surface area contributed by atoms with E-state index in [4.69, 9.17) is 10.5 Å². The zero-order valence-corrected chi connectivity index (χ0v) is 11.2. The van der Waals surface area contributed by atoms with E-state index in [1.165, 1.54) is 0 Å². The van der Waals surface area contributed by atoms with Gasteiger partial charge < -0.3 is 15.6 Å². The molecule has 0 saturated carbocycles. The molecular weight excluding hydrogens is 202 g/mol. The van der Waals surface area contributed by atoms with Crippen LogP contribution in [-0.4, -0.2) is 31.5 Å². The molecule has 0 aromatic carbocycles. The topological polar surface area (TPSA) is 55.5 Å². The molecule has 3 N–H and O–H groups in total. The van der Waals surface area contributed by atoms with Gasteiger partial charge in [-0.25, -0.2) is 0 Å². The van der Waals surface area contributed by atoms with Crippen molar-refractivity contribution in [2.75, 3.05) is 26.4 Å². The minimum Gasteiger partial charge on any atom is -0.396 e. The monoisotopic (exact) mass is 231 g/mol. The Labute approximate surface area is 100 Å². The second-order valence-corrected chi connectivity index (χ2v) is 5.18. The molecule has 0 fully saturated rings. The van der Waals surface area contributed by atoms with Crippen molar-refractivity contribution in [3.8, 4) is 0 Å². The second kappa shape index (κ2) is 8.97. The highest BCUT2D eigenvalue weighted by Gasteiger charge is 2.28. The van der Waals surface area contributed by atoms with Crippen LogP contribution in [-0.2, 0) is 4.74 Å². The van der Waals surface area contributed by atoms with Crippen molar-refractivity contribution in [1.82, 2.24) is 0 Å². The van der Waals surface area contributed by atoms with Crippen LogP contribution in [0.3, 0.4) is 0 Å². The molecule has 0 spiro atoms. The maximum absolute atomic E-state index is 9.49. The molecule has 16 heavy (non-hydrogen) atoms. The quantitative estimate of drug-likeness (QED) is 0.567. The van der Waals surface area contributed by atoms with Gasteiger partial charge in [0, 0.05) is 31.8 Å². The van der Waals surface area contributed by atoms with Crippen LogP contribution in [0, 0.1) is 11.3 Å². The van der Waals surface area contributed by atoms with Crippen molar-refractivity contribution >= 4 is 0 Å². The number of unbranched alkanes of at least 4 members (excludes halogenated alkanes) is 1. The zero-order chi connectivity index (χ0) is 12.4. The van der Waals surface area contributed by atoms with Crippen LogP contribution >= 0.6 is 0 Å². The van der Waals surface area contributed by atoms with Crippen LogP contribution < -0.4 is 5.73 Å². The Morgan fingerprint density at radius 3 is 2.44 bits per heavy atom. The lowest BCUT2D eigenvalue weighted by molar-refractivity contribution is 0.0474. The third kappa shape index (κ3) is 6.46. The Kier molecular flexibility index (Phi) is 8.90. The molecule has 0 aromatic heterocycles. The molecule has 1 unspecified atom stereocenters. The largest absolute Gasteiger partial charge is 0.396 e. The predicted molar refractivity (Wildman–Crippen MR) is 68.4 cm³/mol. The minimum atomic E-state index is -0.139. The van der Waals surface area contributed by atoms with E-state index in [9.17, 15) is 5.11 Å². The average Bonchev–Trinajstić information content (AvgIpc) is 2.26. The van der Waals surface area contributed by atoms with Gasteiger partial charge in [0.2, 0.25) is 0 Å². The highest BCUT2D eigenvalue weighted by Crippen LogP contribution is 2.28. The molecule has 0 aromatic rings. The number of nitrogens with two attached hydrogens (primary N) is 1. The third-order valence-electron chi connectivity index (χ3n) is 3.03. The van der Waals surface area contributed by atoms with Gasteiger partial charge in [0.05, 0.1) is 0 Å². The summed E-state index contributed by atoms with van der Waals surface area (Å²) in [6, 6.07) is 0. The predicted octanol–water partition coefficient (Wildman–Crippen LogP) is 2.18. The lowest BCUT2D eigenvalue weighted by Crippen LogP contribution is -2.36. The summed E-state index contributed by atoms with van der Waals surface area (Å²) in [5.41, 5.74) is 5.65. The van der Waals surface area contributed by atoms with Crippen molar-refractivity contribution < 1.29 is 9.84 Å². The van der Waals surface area contributed by atoms with Gasteiger partial charge >= 0.3 is 0 Å². The van der Waals surface area contributed by atoms with Gasteiger partial charge in [-0.1, -0.05) is 27.2 Å². The van der Waals surface area contributed by atoms with Gasteiger partial charge in [-0.05, 0) is 25.2 Å². The van der Waals surface area contributed by atoms with E-state index in [2.05, 4.69) is 20.8 Å². The summed E-state index contributed by atoms with van der Waals surface area (Å²) < 4.78 is 5.55. The molecule has 0 saturated heterocycles. The first-order valence-electron chi connectivity index (χ1n) is 6.49. The van der Waals surface area contributed by atoms with E-state index in [1.54, 1.807) is 0 Å². The minimum absolute atomic E-state index is 0.139. The third-order valence-corrected chi connectivity index (χ3v) is 3.03. The van der Waals surface area contributed by atoms with Crippen LogP contribution in [0.1, 0.15) is 46.5 Å². The highest BCUT2D eigenvalue weighted by atomic mass is 16.5. The van der Waals surface area contributed by atoms with E-state index in [0.29, 0.717) is 19.1 Å². The maximum Gasteiger partial charge on any atom is 0.0500 e. The molecule has 0 bridgehead atoms. The SMILES string of the molecule is CCCCOCCC(CN)(CO)CC(C)C. The normalized spacial score (nSPS) is 15.4. The Balaban J connectivity index is 3.92. The van der Waals surface area contributed by atoms with E-state index in [0.717, 1.165) is 32.3 Å². The Morgan fingerprint density at radius 1 is 1.31 bits per heavy atom. The number of aliphatic hydroxyl groups excluding tert-OH is 1. The number of rotatable bonds is 10. The van der Waals surface area contributed by atoms with Gasteiger partial charge in [0.1, 0.15) is 0 Å². The van der Waals surface area contributed by atoms with Gasteiger partial charge in [-0.2, -0.15) is 0 Å².